The van der Waals surface area contributed by atoms with E-state index in [1.54, 1.807) is 56.5 Å². The van der Waals surface area contributed by atoms with E-state index >= 15 is 0 Å². The molecule has 0 unspecified atom stereocenters. The second kappa shape index (κ2) is 6.40. The molecule has 0 N–H and O–H groups in total. The summed E-state index contributed by atoms with van der Waals surface area (Å²) in [6.45, 7) is 3.60. The van der Waals surface area contributed by atoms with Crippen LogP contribution in [0.2, 0.25) is 0 Å². The number of ether oxygens (including phenoxy) is 2. The molecule has 4 nitrogen and oxygen atoms in total. The molecule has 0 aliphatic heterocycles. The minimum Gasteiger partial charge on any atom is -0.493 e. The smallest absolute Gasteiger partial charge is 0.185 e. The summed E-state index contributed by atoms with van der Waals surface area (Å²) in [6, 6.07) is 12.1. The van der Waals surface area contributed by atoms with Crippen molar-refractivity contribution in [3.8, 4) is 11.5 Å². The Hall–Kier alpha value is -2.01. The van der Waals surface area contributed by atoms with Gasteiger partial charge in [-0.15, -0.1) is 0 Å². The van der Waals surface area contributed by atoms with Crippen LogP contribution in [0.15, 0.2) is 47.4 Å². The van der Waals surface area contributed by atoms with Crippen molar-refractivity contribution >= 4 is 9.84 Å². The average Bonchev–Trinajstić information content (AvgIpc) is 2.53. The van der Waals surface area contributed by atoms with E-state index in [0.717, 1.165) is 5.56 Å². The highest BCUT2D eigenvalue weighted by Crippen LogP contribution is 2.34. The Morgan fingerprint density at radius 2 is 1.50 bits per heavy atom. The number of methoxy groups -OCH3 is 2. The first-order chi connectivity index (χ1) is 10.4. The van der Waals surface area contributed by atoms with Crippen molar-refractivity contribution in [1.29, 1.82) is 0 Å². The molecule has 0 saturated carbocycles. The molecule has 0 bridgehead atoms. The van der Waals surface area contributed by atoms with Crippen LogP contribution in [0.3, 0.4) is 0 Å². The maximum Gasteiger partial charge on any atom is 0.185 e. The fourth-order valence-electron chi connectivity index (χ4n) is 2.22. The Morgan fingerprint density at radius 1 is 0.909 bits per heavy atom. The molecule has 118 valence electrons. The fourth-order valence-corrected chi connectivity index (χ4v) is 3.65. The first-order valence-corrected chi connectivity index (χ1v) is 8.47. The van der Waals surface area contributed by atoms with Crippen LogP contribution in [-0.4, -0.2) is 22.6 Å². The third kappa shape index (κ3) is 3.09. The van der Waals surface area contributed by atoms with Crippen LogP contribution < -0.4 is 9.47 Å². The number of hydrogen-bond acceptors (Lipinski definition) is 4. The maximum absolute atomic E-state index is 12.7. The minimum atomic E-state index is -3.45. The molecular formula is C17H20O4S. The van der Waals surface area contributed by atoms with Crippen molar-refractivity contribution < 1.29 is 17.9 Å². The molecule has 22 heavy (non-hydrogen) atoms. The number of aryl methyl sites for hydroxylation is 1. The van der Waals surface area contributed by atoms with Gasteiger partial charge in [-0.1, -0.05) is 23.8 Å². The summed E-state index contributed by atoms with van der Waals surface area (Å²) in [5.74, 6) is 1.09. The van der Waals surface area contributed by atoms with E-state index in [1.165, 1.54) is 7.11 Å². The van der Waals surface area contributed by atoms with Crippen molar-refractivity contribution in [1.82, 2.24) is 0 Å². The highest BCUT2D eigenvalue weighted by Gasteiger charge is 2.25. The molecule has 0 aromatic heterocycles. The molecule has 0 spiro atoms. The molecule has 0 radical (unpaired) electrons. The second-order valence-corrected chi connectivity index (χ2v) is 7.38. The summed E-state index contributed by atoms with van der Waals surface area (Å²) < 4.78 is 35.9. The van der Waals surface area contributed by atoms with Crippen LogP contribution in [0.4, 0.5) is 0 Å². The Morgan fingerprint density at radius 3 is 2.05 bits per heavy atom. The molecule has 1 atom stereocenters. The molecule has 0 aliphatic rings. The monoisotopic (exact) mass is 320 g/mol. The predicted octanol–water partition coefficient (Wildman–Crippen LogP) is 3.55. The van der Waals surface area contributed by atoms with Crippen LogP contribution in [0.5, 0.6) is 11.5 Å². The van der Waals surface area contributed by atoms with Crippen molar-refractivity contribution in [3.05, 3.63) is 53.6 Å². The number of hydrogen-bond donors (Lipinski definition) is 0. The molecule has 0 fully saturated rings. The average molecular weight is 320 g/mol. The lowest BCUT2D eigenvalue weighted by Gasteiger charge is -2.16. The summed E-state index contributed by atoms with van der Waals surface area (Å²) in [4.78, 5) is 0.320. The van der Waals surface area contributed by atoms with Crippen molar-refractivity contribution in [2.45, 2.75) is 24.0 Å². The first kappa shape index (κ1) is 16.4. The van der Waals surface area contributed by atoms with Crippen molar-refractivity contribution in [2.24, 2.45) is 0 Å². The van der Waals surface area contributed by atoms with E-state index in [9.17, 15) is 8.42 Å². The summed E-state index contributed by atoms with van der Waals surface area (Å²) in [6.07, 6.45) is 0. The zero-order valence-corrected chi connectivity index (χ0v) is 14.0. The standard InChI is InChI=1S/C17H20O4S/c1-12-5-8-15(9-6-12)22(18,19)13(2)14-7-10-16(20-3)17(11-14)21-4/h5-11,13H,1-4H3/t13-/m0/s1. The maximum atomic E-state index is 12.7. The van der Waals surface area contributed by atoms with E-state index in [1.807, 2.05) is 6.92 Å². The molecule has 2 aromatic rings. The van der Waals surface area contributed by atoms with Gasteiger partial charge in [-0.2, -0.15) is 0 Å². The molecule has 0 aliphatic carbocycles. The predicted molar refractivity (Wildman–Crippen MR) is 86.3 cm³/mol. The Balaban J connectivity index is 2.42. The van der Waals surface area contributed by atoms with E-state index in [4.69, 9.17) is 9.47 Å². The van der Waals surface area contributed by atoms with E-state index in [0.29, 0.717) is 22.0 Å². The van der Waals surface area contributed by atoms with Crippen LogP contribution in [0, 0.1) is 6.92 Å². The quantitative estimate of drug-likeness (QED) is 0.845. The van der Waals surface area contributed by atoms with Gasteiger partial charge in [0.05, 0.1) is 24.4 Å². The van der Waals surface area contributed by atoms with Gasteiger partial charge in [0.15, 0.2) is 21.3 Å². The zero-order valence-electron chi connectivity index (χ0n) is 13.2. The minimum absolute atomic E-state index is 0.320. The van der Waals surface area contributed by atoms with Gasteiger partial charge in [0.2, 0.25) is 0 Å². The Kier molecular flexibility index (Phi) is 4.76. The molecule has 0 saturated heterocycles. The van der Waals surface area contributed by atoms with Crippen LogP contribution >= 0.6 is 0 Å². The van der Waals surface area contributed by atoms with Gasteiger partial charge in [-0.05, 0) is 43.7 Å². The summed E-state index contributed by atoms with van der Waals surface area (Å²) in [7, 11) is -0.376. The lowest BCUT2D eigenvalue weighted by Crippen LogP contribution is -2.11. The molecule has 0 heterocycles. The Bertz CT molecular complexity index is 749. The normalized spacial score (nSPS) is 12.7. The number of sulfone groups is 1. The van der Waals surface area contributed by atoms with E-state index in [2.05, 4.69) is 0 Å². The van der Waals surface area contributed by atoms with Gasteiger partial charge in [0.1, 0.15) is 0 Å². The zero-order chi connectivity index (χ0) is 16.3. The fraction of sp³-hybridized carbons (Fsp3) is 0.294. The van der Waals surface area contributed by atoms with Gasteiger partial charge >= 0.3 is 0 Å². The SMILES string of the molecule is COc1ccc([C@H](C)S(=O)(=O)c2ccc(C)cc2)cc1OC. The largest absolute Gasteiger partial charge is 0.493 e. The molecule has 2 rings (SSSR count). The highest BCUT2D eigenvalue weighted by molar-refractivity contribution is 7.91. The lowest BCUT2D eigenvalue weighted by atomic mass is 10.1. The van der Waals surface area contributed by atoms with Gasteiger partial charge in [-0.25, -0.2) is 8.42 Å². The Labute approximate surface area is 131 Å². The van der Waals surface area contributed by atoms with Crippen LogP contribution in [0.25, 0.3) is 0 Å². The van der Waals surface area contributed by atoms with Gasteiger partial charge in [0.25, 0.3) is 0 Å². The van der Waals surface area contributed by atoms with Crippen LogP contribution in [0.1, 0.15) is 23.3 Å². The van der Waals surface area contributed by atoms with Gasteiger partial charge in [0, 0.05) is 0 Å². The summed E-state index contributed by atoms with van der Waals surface area (Å²) in [5.41, 5.74) is 1.69. The number of rotatable bonds is 5. The first-order valence-electron chi connectivity index (χ1n) is 6.92. The van der Waals surface area contributed by atoms with Crippen LogP contribution in [-0.2, 0) is 9.84 Å². The lowest BCUT2D eigenvalue weighted by molar-refractivity contribution is 0.354. The second-order valence-electron chi connectivity index (χ2n) is 5.11. The molecular weight excluding hydrogens is 300 g/mol. The summed E-state index contributed by atoms with van der Waals surface area (Å²) >= 11 is 0. The topological polar surface area (TPSA) is 52.6 Å². The molecule has 0 amide bonds. The third-order valence-electron chi connectivity index (χ3n) is 3.69. The summed E-state index contributed by atoms with van der Waals surface area (Å²) in [5, 5.41) is -0.671. The van der Waals surface area contributed by atoms with E-state index < -0.39 is 15.1 Å². The van der Waals surface area contributed by atoms with E-state index in [-0.39, 0.29) is 0 Å². The van der Waals surface area contributed by atoms with Crippen molar-refractivity contribution in [3.63, 3.8) is 0 Å². The van der Waals surface area contributed by atoms with Gasteiger partial charge < -0.3 is 9.47 Å². The third-order valence-corrected chi connectivity index (χ3v) is 5.82. The van der Waals surface area contributed by atoms with Crippen molar-refractivity contribution in [2.75, 3.05) is 14.2 Å². The molecule has 2 aromatic carbocycles. The number of benzene rings is 2. The highest BCUT2D eigenvalue weighted by atomic mass is 32.2. The van der Waals surface area contributed by atoms with Gasteiger partial charge in [-0.3, -0.25) is 0 Å². The molecule has 5 heteroatoms.